The summed E-state index contributed by atoms with van der Waals surface area (Å²) in [5, 5.41) is 0.823. The van der Waals surface area contributed by atoms with Crippen molar-refractivity contribution >= 4 is 33.7 Å². The van der Waals surface area contributed by atoms with Crippen molar-refractivity contribution in [2.75, 3.05) is 0 Å². The van der Waals surface area contributed by atoms with Crippen LogP contribution in [0, 0.1) is 6.92 Å². The van der Waals surface area contributed by atoms with Crippen LogP contribution in [0.3, 0.4) is 0 Å². The Morgan fingerprint density at radius 2 is 1.78 bits per heavy atom. The van der Waals surface area contributed by atoms with Gasteiger partial charge in [0.15, 0.2) is 6.10 Å². The Bertz CT molecular complexity index is 1180. The summed E-state index contributed by atoms with van der Waals surface area (Å²) in [6.07, 6.45) is 2.24. The number of aryl methyl sites for hydroxylation is 1. The number of rotatable bonds is 4. The first-order valence-electron chi connectivity index (χ1n) is 8.58. The number of esters is 1. The molecule has 1 atom stereocenters. The number of hydrogen-bond acceptors (Lipinski definition) is 5. The highest BCUT2D eigenvalue weighted by Crippen LogP contribution is 2.24. The molecule has 4 rings (SSSR count). The molecule has 0 aliphatic carbocycles. The molecule has 2 heterocycles. The van der Waals surface area contributed by atoms with Gasteiger partial charge in [-0.05, 0) is 38.1 Å². The number of aromatic nitrogens is 3. The average molecular weight is 359 g/mol. The van der Waals surface area contributed by atoms with Gasteiger partial charge in [-0.2, -0.15) is 0 Å². The van der Waals surface area contributed by atoms with E-state index in [0.29, 0.717) is 22.2 Å². The maximum absolute atomic E-state index is 12.9. The first-order chi connectivity index (χ1) is 13.0. The second-order valence-electron chi connectivity index (χ2n) is 6.34. The third kappa shape index (κ3) is 3.06. The number of carbonyl (C=O) groups is 2. The lowest BCUT2D eigenvalue weighted by atomic mass is 10.0. The number of ether oxygens (including phenoxy) is 1. The summed E-state index contributed by atoms with van der Waals surface area (Å²) < 4.78 is 5.42. The Balaban J connectivity index is 1.58. The van der Waals surface area contributed by atoms with E-state index in [1.807, 2.05) is 31.2 Å². The van der Waals surface area contributed by atoms with Crippen molar-refractivity contribution in [1.29, 1.82) is 0 Å². The predicted molar refractivity (Wildman–Crippen MR) is 102 cm³/mol. The lowest BCUT2D eigenvalue weighted by Crippen LogP contribution is -2.25. The first kappa shape index (κ1) is 16.9. The topological polar surface area (TPSA) is 84.9 Å². The number of fused-ring (bicyclic) bond motifs is 2. The minimum absolute atomic E-state index is 0.237. The van der Waals surface area contributed by atoms with Gasteiger partial charge in [-0.15, -0.1) is 0 Å². The number of Topliss-reactive ketones (excluding diaryl/α,β-unsaturated/α-hetero) is 1. The van der Waals surface area contributed by atoms with E-state index >= 15 is 0 Å². The van der Waals surface area contributed by atoms with Gasteiger partial charge in [0.2, 0.25) is 5.78 Å². The highest BCUT2D eigenvalue weighted by atomic mass is 16.5. The molecule has 0 bridgehead atoms. The summed E-state index contributed by atoms with van der Waals surface area (Å²) in [6, 6.07) is 12.5. The molecule has 134 valence electrons. The Kier molecular flexibility index (Phi) is 4.16. The fraction of sp³-hybridized carbons (Fsp3) is 0.143. The second kappa shape index (κ2) is 6.64. The van der Waals surface area contributed by atoms with Crippen molar-refractivity contribution in [3.63, 3.8) is 0 Å². The van der Waals surface area contributed by atoms with Gasteiger partial charge in [0, 0.05) is 34.6 Å². The molecule has 4 aromatic rings. The number of nitrogens with one attached hydrogen (secondary N) is 1. The van der Waals surface area contributed by atoms with Crippen LogP contribution in [0.2, 0.25) is 0 Å². The lowest BCUT2D eigenvalue weighted by molar-refractivity contribution is 0.0319. The Labute approximate surface area is 155 Å². The van der Waals surface area contributed by atoms with E-state index in [1.54, 1.807) is 37.5 Å². The zero-order chi connectivity index (χ0) is 19.0. The molecule has 2 aromatic heterocycles. The number of nitrogens with zero attached hydrogens (tertiary/aromatic N) is 2. The van der Waals surface area contributed by atoms with Crippen molar-refractivity contribution in [1.82, 2.24) is 15.0 Å². The molecule has 0 aliphatic heterocycles. The van der Waals surface area contributed by atoms with Crippen molar-refractivity contribution < 1.29 is 14.3 Å². The maximum Gasteiger partial charge on any atom is 0.338 e. The molecule has 6 heteroatoms. The molecule has 0 spiro atoms. The standard InChI is InChI=1S/C21H17N3O3/c1-12-19(15-5-3-4-6-16(15)24-12)20(25)13(2)27-21(26)14-7-8-17-18(11-14)23-10-9-22-17/h3-11,13,24H,1-2H3/t13-/m1/s1. The maximum atomic E-state index is 12.9. The van der Waals surface area contributed by atoms with Crippen LogP contribution in [-0.4, -0.2) is 32.8 Å². The number of ketones is 1. The van der Waals surface area contributed by atoms with Crippen LogP contribution in [0.25, 0.3) is 21.9 Å². The van der Waals surface area contributed by atoms with E-state index in [-0.39, 0.29) is 5.78 Å². The minimum Gasteiger partial charge on any atom is -0.451 e. The summed E-state index contributed by atoms with van der Waals surface area (Å²) in [6.45, 7) is 3.42. The Morgan fingerprint density at radius 3 is 2.59 bits per heavy atom. The van der Waals surface area contributed by atoms with Crippen LogP contribution in [0.4, 0.5) is 0 Å². The average Bonchev–Trinajstić information content (AvgIpc) is 3.02. The molecular formula is C21H17N3O3. The quantitative estimate of drug-likeness (QED) is 0.442. The zero-order valence-electron chi connectivity index (χ0n) is 14.9. The molecular weight excluding hydrogens is 342 g/mol. The smallest absolute Gasteiger partial charge is 0.338 e. The van der Waals surface area contributed by atoms with Crippen molar-refractivity contribution in [2.24, 2.45) is 0 Å². The number of hydrogen-bond donors (Lipinski definition) is 1. The van der Waals surface area contributed by atoms with Crippen LogP contribution < -0.4 is 0 Å². The molecule has 27 heavy (non-hydrogen) atoms. The van der Waals surface area contributed by atoms with Crippen LogP contribution in [0.5, 0.6) is 0 Å². The van der Waals surface area contributed by atoms with Gasteiger partial charge in [0.25, 0.3) is 0 Å². The second-order valence-corrected chi connectivity index (χ2v) is 6.34. The van der Waals surface area contributed by atoms with Gasteiger partial charge in [-0.25, -0.2) is 4.79 Å². The molecule has 0 aliphatic rings. The van der Waals surface area contributed by atoms with E-state index < -0.39 is 12.1 Å². The third-order valence-corrected chi connectivity index (χ3v) is 4.50. The fourth-order valence-corrected chi connectivity index (χ4v) is 3.17. The number of para-hydroxylation sites is 1. The van der Waals surface area contributed by atoms with Crippen molar-refractivity contribution in [3.05, 3.63) is 71.7 Å². The van der Waals surface area contributed by atoms with Crippen LogP contribution in [-0.2, 0) is 4.74 Å². The Hall–Kier alpha value is -3.54. The number of H-pyrrole nitrogens is 1. The summed E-state index contributed by atoms with van der Waals surface area (Å²) in [7, 11) is 0. The van der Waals surface area contributed by atoms with E-state index in [4.69, 9.17) is 4.74 Å². The molecule has 0 saturated carbocycles. The number of benzene rings is 2. The van der Waals surface area contributed by atoms with E-state index in [0.717, 1.165) is 16.6 Å². The van der Waals surface area contributed by atoms with Gasteiger partial charge in [-0.1, -0.05) is 18.2 Å². The highest BCUT2D eigenvalue weighted by Gasteiger charge is 2.25. The van der Waals surface area contributed by atoms with Crippen LogP contribution >= 0.6 is 0 Å². The molecule has 6 nitrogen and oxygen atoms in total. The molecule has 1 N–H and O–H groups in total. The largest absolute Gasteiger partial charge is 0.451 e. The first-order valence-corrected chi connectivity index (χ1v) is 8.58. The highest BCUT2D eigenvalue weighted by molar-refractivity contribution is 6.11. The summed E-state index contributed by atoms with van der Waals surface area (Å²) in [5.74, 6) is -0.806. The van der Waals surface area contributed by atoms with Gasteiger partial charge < -0.3 is 9.72 Å². The number of carbonyl (C=O) groups excluding carboxylic acids is 2. The molecule has 0 unspecified atom stereocenters. The SMILES string of the molecule is Cc1[nH]c2ccccc2c1C(=O)[C@@H](C)OC(=O)c1ccc2nccnc2c1. The number of aromatic amines is 1. The van der Waals surface area contributed by atoms with E-state index in [9.17, 15) is 9.59 Å². The molecule has 2 aromatic carbocycles. The van der Waals surface area contributed by atoms with E-state index in [1.165, 1.54) is 0 Å². The van der Waals surface area contributed by atoms with Crippen molar-refractivity contribution in [3.8, 4) is 0 Å². The minimum atomic E-state index is -0.909. The van der Waals surface area contributed by atoms with Gasteiger partial charge in [0.05, 0.1) is 16.6 Å². The summed E-state index contributed by atoms with van der Waals surface area (Å²) in [5.41, 5.74) is 3.80. The third-order valence-electron chi connectivity index (χ3n) is 4.50. The normalized spacial score (nSPS) is 12.2. The molecule has 0 radical (unpaired) electrons. The summed E-state index contributed by atoms with van der Waals surface area (Å²) >= 11 is 0. The van der Waals surface area contributed by atoms with Crippen LogP contribution in [0.1, 0.15) is 33.3 Å². The zero-order valence-corrected chi connectivity index (χ0v) is 14.9. The lowest BCUT2D eigenvalue weighted by Gasteiger charge is -2.13. The fourth-order valence-electron chi connectivity index (χ4n) is 3.17. The molecule has 0 amide bonds. The van der Waals surface area contributed by atoms with Crippen molar-refractivity contribution in [2.45, 2.75) is 20.0 Å². The molecule has 0 fully saturated rings. The van der Waals surface area contributed by atoms with Crippen LogP contribution in [0.15, 0.2) is 54.9 Å². The van der Waals surface area contributed by atoms with E-state index in [2.05, 4.69) is 15.0 Å². The Morgan fingerprint density at radius 1 is 1.04 bits per heavy atom. The predicted octanol–water partition coefficient (Wildman–Crippen LogP) is 3.85. The molecule has 0 saturated heterocycles. The van der Waals surface area contributed by atoms with Gasteiger partial charge in [0.1, 0.15) is 0 Å². The summed E-state index contributed by atoms with van der Waals surface area (Å²) in [4.78, 5) is 36.9. The monoisotopic (exact) mass is 359 g/mol. The van der Waals surface area contributed by atoms with Gasteiger partial charge >= 0.3 is 5.97 Å². The van der Waals surface area contributed by atoms with Gasteiger partial charge in [-0.3, -0.25) is 14.8 Å².